The maximum absolute atomic E-state index is 12.3. The predicted octanol–water partition coefficient (Wildman–Crippen LogP) is 1.42. The number of hydrogen-bond acceptors (Lipinski definition) is 6. The van der Waals surface area contributed by atoms with Crippen LogP contribution in [0.25, 0.3) is 0 Å². The number of rotatable bonds is 8. The van der Waals surface area contributed by atoms with Crippen LogP contribution in [0.15, 0.2) is 36.0 Å². The number of nitriles is 1. The zero-order chi connectivity index (χ0) is 19.6. The SMILES string of the molecule is COC(=O)c1ccccc1NC(=O)/C(C#N)=C\NCCCN1CCCC1=O. The lowest BCUT2D eigenvalue weighted by molar-refractivity contribution is -0.127. The molecular formula is C19H22N4O4. The maximum Gasteiger partial charge on any atom is 0.339 e. The van der Waals surface area contributed by atoms with Gasteiger partial charge in [-0.3, -0.25) is 9.59 Å². The van der Waals surface area contributed by atoms with E-state index in [4.69, 9.17) is 0 Å². The van der Waals surface area contributed by atoms with E-state index in [-0.39, 0.29) is 22.7 Å². The summed E-state index contributed by atoms with van der Waals surface area (Å²) in [6, 6.07) is 8.22. The standard InChI is InChI=1S/C19H22N4O4/c1-27-19(26)15-6-2-3-7-16(15)22-18(25)14(12-20)13-21-9-5-11-23-10-4-8-17(23)24/h2-3,6-7,13,21H,4-5,8-11H2,1H3,(H,22,25)/b14-13-. The molecule has 1 fully saturated rings. The number of para-hydroxylation sites is 1. The molecule has 8 nitrogen and oxygen atoms in total. The van der Waals surface area contributed by atoms with Crippen molar-refractivity contribution in [2.45, 2.75) is 19.3 Å². The highest BCUT2D eigenvalue weighted by molar-refractivity contribution is 6.09. The number of methoxy groups -OCH3 is 1. The lowest BCUT2D eigenvalue weighted by Crippen LogP contribution is -2.27. The molecule has 0 atom stereocenters. The van der Waals surface area contributed by atoms with Gasteiger partial charge in [0.05, 0.1) is 18.4 Å². The number of carbonyl (C=O) groups is 3. The molecule has 1 aliphatic heterocycles. The zero-order valence-electron chi connectivity index (χ0n) is 15.2. The summed E-state index contributed by atoms with van der Waals surface area (Å²) < 4.78 is 4.68. The Morgan fingerprint density at radius 1 is 1.37 bits per heavy atom. The van der Waals surface area contributed by atoms with Gasteiger partial charge in [-0.15, -0.1) is 0 Å². The molecule has 1 aromatic carbocycles. The van der Waals surface area contributed by atoms with Crippen LogP contribution < -0.4 is 10.6 Å². The number of nitrogens with zero attached hydrogens (tertiary/aromatic N) is 2. The number of hydrogen-bond donors (Lipinski definition) is 2. The molecule has 1 aliphatic rings. The number of esters is 1. The number of ether oxygens (including phenoxy) is 1. The highest BCUT2D eigenvalue weighted by Gasteiger charge is 2.19. The van der Waals surface area contributed by atoms with Gasteiger partial charge in [-0.1, -0.05) is 12.1 Å². The van der Waals surface area contributed by atoms with Crippen LogP contribution in [-0.4, -0.2) is 49.4 Å². The average molecular weight is 370 g/mol. The number of benzene rings is 1. The van der Waals surface area contributed by atoms with Gasteiger partial charge in [0.1, 0.15) is 11.6 Å². The molecule has 0 aliphatic carbocycles. The van der Waals surface area contributed by atoms with E-state index in [9.17, 15) is 19.6 Å². The topological polar surface area (TPSA) is 112 Å². The Labute approximate surface area is 157 Å². The summed E-state index contributed by atoms with van der Waals surface area (Å²) in [6.45, 7) is 1.97. The normalized spacial score (nSPS) is 13.9. The third kappa shape index (κ3) is 5.57. The van der Waals surface area contributed by atoms with Crippen molar-refractivity contribution >= 4 is 23.5 Å². The third-order valence-electron chi connectivity index (χ3n) is 4.11. The monoisotopic (exact) mass is 370 g/mol. The van der Waals surface area contributed by atoms with E-state index in [1.54, 1.807) is 18.2 Å². The Morgan fingerprint density at radius 2 is 2.15 bits per heavy atom. The molecule has 1 saturated heterocycles. The molecule has 8 heteroatoms. The molecule has 2 amide bonds. The number of likely N-dealkylation sites (tertiary alicyclic amines) is 1. The summed E-state index contributed by atoms with van der Waals surface area (Å²) in [5, 5.41) is 14.7. The van der Waals surface area contributed by atoms with Crippen LogP contribution in [0.2, 0.25) is 0 Å². The van der Waals surface area contributed by atoms with Gasteiger partial charge in [0, 0.05) is 32.3 Å². The van der Waals surface area contributed by atoms with Gasteiger partial charge < -0.3 is 20.3 Å². The van der Waals surface area contributed by atoms with Gasteiger partial charge in [-0.2, -0.15) is 5.26 Å². The van der Waals surface area contributed by atoms with Crippen LogP contribution in [0.5, 0.6) is 0 Å². The van der Waals surface area contributed by atoms with Crippen LogP contribution in [0, 0.1) is 11.3 Å². The maximum atomic E-state index is 12.3. The lowest BCUT2D eigenvalue weighted by atomic mass is 10.1. The fourth-order valence-corrected chi connectivity index (χ4v) is 2.70. The van der Waals surface area contributed by atoms with E-state index >= 15 is 0 Å². The first-order valence-electron chi connectivity index (χ1n) is 8.67. The molecule has 0 unspecified atom stereocenters. The van der Waals surface area contributed by atoms with Crippen LogP contribution in [0.3, 0.4) is 0 Å². The molecule has 2 N–H and O–H groups in total. The van der Waals surface area contributed by atoms with Crippen molar-refractivity contribution in [2.24, 2.45) is 0 Å². The molecule has 0 bridgehead atoms. The van der Waals surface area contributed by atoms with E-state index in [1.165, 1.54) is 19.4 Å². The van der Waals surface area contributed by atoms with E-state index in [2.05, 4.69) is 15.4 Å². The van der Waals surface area contributed by atoms with Gasteiger partial charge in [0.15, 0.2) is 0 Å². The lowest BCUT2D eigenvalue weighted by Gasteiger charge is -2.14. The second-order valence-electron chi connectivity index (χ2n) is 5.95. The van der Waals surface area contributed by atoms with Gasteiger partial charge >= 0.3 is 5.97 Å². The van der Waals surface area contributed by atoms with E-state index in [1.807, 2.05) is 11.0 Å². The summed E-state index contributed by atoms with van der Waals surface area (Å²) in [5.74, 6) is -1.04. The fourth-order valence-electron chi connectivity index (χ4n) is 2.70. The summed E-state index contributed by atoms with van der Waals surface area (Å²) in [5.41, 5.74) is 0.351. The van der Waals surface area contributed by atoms with E-state index in [0.29, 0.717) is 25.9 Å². The number of anilines is 1. The Bertz CT molecular complexity index is 782. The Balaban J connectivity index is 1.88. The predicted molar refractivity (Wildman–Crippen MR) is 98.5 cm³/mol. The van der Waals surface area contributed by atoms with E-state index < -0.39 is 11.9 Å². The molecule has 1 aromatic rings. The first-order valence-corrected chi connectivity index (χ1v) is 8.67. The van der Waals surface area contributed by atoms with Crippen molar-refractivity contribution in [1.82, 2.24) is 10.2 Å². The van der Waals surface area contributed by atoms with Crippen LogP contribution in [0.4, 0.5) is 5.69 Å². The van der Waals surface area contributed by atoms with Crippen molar-refractivity contribution in [3.05, 3.63) is 41.6 Å². The Morgan fingerprint density at radius 3 is 2.81 bits per heavy atom. The largest absolute Gasteiger partial charge is 0.465 e. The number of nitrogens with one attached hydrogen (secondary N) is 2. The molecule has 142 valence electrons. The minimum absolute atomic E-state index is 0.119. The first kappa shape index (κ1) is 20.0. The fraction of sp³-hybridized carbons (Fsp3) is 0.368. The van der Waals surface area contributed by atoms with Crippen molar-refractivity contribution < 1.29 is 19.1 Å². The second-order valence-corrected chi connectivity index (χ2v) is 5.95. The smallest absolute Gasteiger partial charge is 0.339 e. The van der Waals surface area contributed by atoms with Crippen LogP contribution in [-0.2, 0) is 14.3 Å². The Kier molecular flexibility index (Phi) is 7.37. The minimum atomic E-state index is -0.629. The van der Waals surface area contributed by atoms with Crippen molar-refractivity contribution in [3.63, 3.8) is 0 Å². The molecule has 0 saturated carbocycles. The molecule has 0 spiro atoms. The molecule has 0 aromatic heterocycles. The highest BCUT2D eigenvalue weighted by atomic mass is 16.5. The van der Waals surface area contributed by atoms with Gasteiger partial charge in [0.25, 0.3) is 5.91 Å². The molecule has 1 heterocycles. The minimum Gasteiger partial charge on any atom is -0.465 e. The third-order valence-corrected chi connectivity index (χ3v) is 4.11. The summed E-state index contributed by atoms with van der Waals surface area (Å²) in [6.07, 6.45) is 3.56. The quantitative estimate of drug-likeness (QED) is 0.310. The summed E-state index contributed by atoms with van der Waals surface area (Å²) >= 11 is 0. The number of carbonyl (C=O) groups excluding carboxylic acids is 3. The first-order chi connectivity index (χ1) is 13.1. The van der Waals surface area contributed by atoms with Crippen molar-refractivity contribution in [3.8, 4) is 6.07 Å². The highest BCUT2D eigenvalue weighted by Crippen LogP contribution is 2.16. The second kappa shape index (κ2) is 9.97. The Hall–Kier alpha value is -3.34. The molecular weight excluding hydrogens is 348 g/mol. The number of amides is 2. The van der Waals surface area contributed by atoms with E-state index in [0.717, 1.165) is 13.0 Å². The summed E-state index contributed by atoms with van der Waals surface area (Å²) in [4.78, 5) is 37.3. The van der Waals surface area contributed by atoms with Crippen molar-refractivity contribution in [2.75, 3.05) is 32.1 Å². The van der Waals surface area contributed by atoms with Crippen LogP contribution in [0.1, 0.15) is 29.6 Å². The molecule has 2 rings (SSSR count). The van der Waals surface area contributed by atoms with Crippen molar-refractivity contribution in [1.29, 1.82) is 5.26 Å². The van der Waals surface area contributed by atoms with Gasteiger partial charge in [0.2, 0.25) is 5.91 Å². The summed E-state index contributed by atoms with van der Waals surface area (Å²) in [7, 11) is 1.25. The zero-order valence-corrected chi connectivity index (χ0v) is 15.2. The average Bonchev–Trinajstić information content (AvgIpc) is 3.09. The molecule has 27 heavy (non-hydrogen) atoms. The van der Waals surface area contributed by atoms with Gasteiger partial charge in [-0.05, 0) is 25.0 Å². The van der Waals surface area contributed by atoms with Crippen LogP contribution >= 0.6 is 0 Å². The molecule has 0 radical (unpaired) electrons. The van der Waals surface area contributed by atoms with Gasteiger partial charge in [-0.25, -0.2) is 4.79 Å².